The van der Waals surface area contributed by atoms with Gasteiger partial charge in [-0.2, -0.15) is 0 Å². The van der Waals surface area contributed by atoms with Gasteiger partial charge in [-0.05, 0) is 90.5 Å². The van der Waals surface area contributed by atoms with Gasteiger partial charge in [-0.15, -0.1) is 0 Å². The number of ether oxygens (including phenoxy) is 2. The average Bonchev–Trinajstić information content (AvgIpc) is 3.26. The monoisotopic (exact) mass is 699 g/mol. The smallest absolute Gasteiger partial charge is 0.192 e. The zero-order valence-corrected chi connectivity index (χ0v) is 35.9. The molecule has 1 aromatic carbocycles. The van der Waals surface area contributed by atoms with E-state index in [4.69, 9.17) is 24.9 Å². The Morgan fingerprint density at radius 1 is 0.917 bits per heavy atom. The molecule has 0 saturated heterocycles. The maximum atomic E-state index is 7.42. The predicted octanol–water partition coefficient (Wildman–Crippen LogP) is 12.3. The van der Waals surface area contributed by atoms with E-state index in [2.05, 4.69) is 127 Å². The zero-order valence-electron chi connectivity index (χ0n) is 33.9. The molecule has 0 radical (unpaired) electrons. The van der Waals surface area contributed by atoms with Crippen LogP contribution in [0, 0.1) is 35.5 Å². The molecule has 2 rings (SSSR count). The maximum absolute atomic E-state index is 7.42. The Morgan fingerprint density at radius 2 is 1.48 bits per heavy atom. The molecular weight excluding hydrogens is 625 g/mol. The highest BCUT2D eigenvalue weighted by atomic mass is 28.4. The van der Waals surface area contributed by atoms with E-state index in [0.29, 0.717) is 24.4 Å². The van der Waals surface area contributed by atoms with Gasteiger partial charge in [-0.3, -0.25) is 0 Å². The predicted molar refractivity (Wildman–Crippen MR) is 213 cm³/mol. The van der Waals surface area contributed by atoms with Gasteiger partial charge in [-0.25, -0.2) is 0 Å². The lowest BCUT2D eigenvalue weighted by Gasteiger charge is -2.45. The molecule has 1 fully saturated rings. The summed E-state index contributed by atoms with van der Waals surface area (Å²) in [6.45, 7) is 44.6. The number of benzene rings is 1. The summed E-state index contributed by atoms with van der Waals surface area (Å²) >= 11 is 0. The Morgan fingerprint density at radius 3 is 1.98 bits per heavy atom. The van der Waals surface area contributed by atoms with E-state index in [0.717, 1.165) is 24.2 Å². The van der Waals surface area contributed by atoms with E-state index >= 15 is 0 Å². The fourth-order valence-electron chi connectivity index (χ4n) is 6.96. The molecule has 0 aromatic heterocycles. The van der Waals surface area contributed by atoms with E-state index < -0.39 is 16.6 Å². The largest absolute Gasteiger partial charge is 0.497 e. The van der Waals surface area contributed by atoms with Crippen LogP contribution in [0.4, 0.5) is 0 Å². The number of methoxy groups -OCH3 is 1. The first-order valence-corrected chi connectivity index (χ1v) is 24.4. The average molecular weight is 699 g/mol. The van der Waals surface area contributed by atoms with Crippen LogP contribution >= 0.6 is 0 Å². The first kappa shape index (κ1) is 42.7. The van der Waals surface area contributed by atoms with Crippen molar-refractivity contribution in [1.82, 2.24) is 0 Å². The van der Waals surface area contributed by atoms with Gasteiger partial charge in [0.05, 0.1) is 32.0 Å². The molecule has 1 unspecified atom stereocenters. The second kappa shape index (κ2) is 17.2. The molecule has 9 atom stereocenters. The summed E-state index contributed by atoms with van der Waals surface area (Å²) in [5.41, 5.74) is 2.49. The van der Waals surface area contributed by atoms with Gasteiger partial charge in [0.25, 0.3) is 0 Å². The van der Waals surface area contributed by atoms with Crippen LogP contribution in [0.3, 0.4) is 0 Å². The van der Waals surface area contributed by atoms with Crippen molar-refractivity contribution in [3.63, 3.8) is 0 Å². The molecule has 0 aliphatic heterocycles. The van der Waals surface area contributed by atoms with Gasteiger partial charge in [0.1, 0.15) is 5.75 Å². The van der Waals surface area contributed by atoms with Crippen LogP contribution in [0.25, 0.3) is 0 Å². The van der Waals surface area contributed by atoms with E-state index in [1.165, 1.54) is 5.57 Å². The topological polar surface area (TPSA) is 36.9 Å². The molecule has 1 aromatic rings. The molecule has 48 heavy (non-hydrogen) atoms. The maximum Gasteiger partial charge on any atom is 0.192 e. The van der Waals surface area contributed by atoms with E-state index in [-0.39, 0.29) is 46.1 Å². The zero-order chi connectivity index (χ0) is 36.8. The number of allylic oxidation sites excluding steroid dienone is 3. The van der Waals surface area contributed by atoms with Gasteiger partial charge >= 0.3 is 0 Å². The molecule has 0 heterocycles. The molecule has 0 bridgehead atoms. The third-order valence-electron chi connectivity index (χ3n) is 12.2. The van der Waals surface area contributed by atoms with Crippen molar-refractivity contribution in [1.29, 1.82) is 0 Å². The van der Waals surface area contributed by atoms with Gasteiger partial charge in [0, 0.05) is 11.8 Å². The summed E-state index contributed by atoms with van der Waals surface area (Å²) in [7, 11) is -2.28. The standard InChI is InChI=1S/C42H74O4Si2/c1-19-20-21-29(2)38(44-28-35-22-24-36(43-14)25-23-35)34(7)40(46-48(17,18)42(11,12)13)31(4)26-30(3)37-27-32(5)39(33(37)6)45-47(15,16)41(8,9)10/h19-25,29,31-34,37-40H,1,3,26-28H2,2,4-18H3/b21-20-/t29-,31-,32-,33-,34+,37?,38-,39-,40+/m0/s1. The van der Waals surface area contributed by atoms with Gasteiger partial charge in [0.15, 0.2) is 16.6 Å². The molecule has 6 heteroatoms. The second-order valence-corrected chi connectivity index (χ2v) is 27.7. The van der Waals surface area contributed by atoms with E-state index in [1.54, 1.807) is 7.11 Å². The van der Waals surface area contributed by atoms with Crippen molar-refractivity contribution < 1.29 is 18.3 Å². The molecule has 4 nitrogen and oxygen atoms in total. The quantitative estimate of drug-likeness (QED) is 0.0922. The fourth-order valence-corrected chi connectivity index (χ4v) is 9.92. The Balaban J connectivity index is 2.39. The summed E-state index contributed by atoms with van der Waals surface area (Å²) in [6.07, 6.45) is 8.48. The number of hydrogen-bond donors (Lipinski definition) is 0. The highest BCUT2D eigenvalue weighted by molar-refractivity contribution is 6.74. The van der Waals surface area contributed by atoms with Crippen molar-refractivity contribution in [3.8, 4) is 5.75 Å². The van der Waals surface area contributed by atoms with Crippen molar-refractivity contribution in [2.75, 3.05) is 7.11 Å². The Hall–Kier alpha value is -1.45. The molecule has 0 amide bonds. The molecule has 1 aliphatic carbocycles. The fraction of sp³-hybridized carbons (Fsp3) is 0.714. The van der Waals surface area contributed by atoms with Crippen LogP contribution in [0.15, 0.2) is 61.2 Å². The third-order valence-corrected chi connectivity index (χ3v) is 21.1. The van der Waals surface area contributed by atoms with Gasteiger partial charge in [0.2, 0.25) is 0 Å². The minimum absolute atomic E-state index is 0.0245. The first-order valence-electron chi connectivity index (χ1n) is 18.5. The summed E-state index contributed by atoms with van der Waals surface area (Å²) in [4.78, 5) is 0. The molecular formula is C42H74O4Si2. The molecule has 1 aliphatic rings. The Kier molecular flexibility index (Phi) is 15.3. The van der Waals surface area contributed by atoms with Crippen LogP contribution in [0.1, 0.15) is 94.6 Å². The number of rotatable bonds is 17. The van der Waals surface area contributed by atoms with E-state index in [9.17, 15) is 0 Å². The number of hydrogen-bond acceptors (Lipinski definition) is 4. The van der Waals surface area contributed by atoms with Crippen LogP contribution in [-0.2, 0) is 20.2 Å². The summed E-state index contributed by atoms with van der Waals surface area (Å²) in [5.74, 6) is 2.91. The van der Waals surface area contributed by atoms with Crippen molar-refractivity contribution >= 4 is 16.6 Å². The van der Waals surface area contributed by atoms with Crippen molar-refractivity contribution in [2.24, 2.45) is 35.5 Å². The summed E-state index contributed by atoms with van der Waals surface area (Å²) in [6, 6.07) is 8.18. The third kappa shape index (κ3) is 11.0. The lowest BCUT2D eigenvalue weighted by atomic mass is 9.79. The van der Waals surface area contributed by atoms with Gasteiger partial charge in [-0.1, -0.05) is 125 Å². The van der Waals surface area contributed by atoms with Crippen LogP contribution in [-0.4, -0.2) is 42.1 Å². The molecule has 0 spiro atoms. The van der Waals surface area contributed by atoms with Gasteiger partial charge < -0.3 is 18.3 Å². The lowest BCUT2D eigenvalue weighted by Crippen LogP contribution is -2.50. The van der Waals surface area contributed by atoms with E-state index in [1.807, 2.05) is 24.3 Å². The Labute approximate surface area is 299 Å². The van der Waals surface area contributed by atoms with Crippen LogP contribution < -0.4 is 4.74 Å². The molecule has 1 saturated carbocycles. The van der Waals surface area contributed by atoms with Crippen LogP contribution in [0.2, 0.25) is 36.3 Å². The first-order chi connectivity index (χ1) is 22.0. The normalized spacial score (nSPS) is 24.2. The highest BCUT2D eigenvalue weighted by Gasteiger charge is 2.48. The molecule has 0 N–H and O–H groups in total. The second-order valence-electron chi connectivity index (χ2n) is 18.2. The minimum atomic E-state index is -2.11. The molecule has 274 valence electrons. The summed E-state index contributed by atoms with van der Waals surface area (Å²) < 4.78 is 26.7. The minimum Gasteiger partial charge on any atom is -0.497 e. The van der Waals surface area contributed by atoms with Crippen molar-refractivity contribution in [2.45, 2.75) is 150 Å². The Bertz CT molecular complexity index is 1190. The van der Waals surface area contributed by atoms with Crippen LogP contribution in [0.5, 0.6) is 5.75 Å². The van der Waals surface area contributed by atoms with Crippen molar-refractivity contribution in [3.05, 3.63) is 66.8 Å². The summed E-state index contributed by atoms with van der Waals surface area (Å²) in [5, 5.41) is 0.295. The highest BCUT2D eigenvalue weighted by Crippen LogP contribution is 2.48. The SMILES string of the molecule is C=C/C=C\[C@H](C)[C@H](OCc1ccc(OC)cc1)[C@@H](C)[C@H](O[Si](C)(C)C(C)(C)C)[C@@H](C)CC(=C)C1C[C@H](C)[C@H](O[Si](C)(C)C(C)(C)C)[C@H]1C. The lowest BCUT2D eigenvalue weighted by molar-refractivity contribution is -0.0646.